The van der Waals surface area contributed by atoms with Crippen LogP contribution in [-0.2, 0) is 6.42 Å². The fourth-order valence-corrected chi connectivity index (χ4v) is 1.61. The number of rotatable bonds is 4. The molecule has 1 heterocycles. The Morgan fingerprint density at radius 1 is 1.50 bits per heavy atom. The molecule has 0 aliphatic heterocycles. The summed E-state index contributed by atoms with van der Waals surface area (Å²) in [5.74, 6) is 1.72. The molecule has 2 rings (SSSR count). The van der Waals surface area contributed by atoms with Crippen LogP contribution < -0.4 is 10.5 Å². The highest BCUT2D eigenvalue weighted by Crippen LogP contribution is 2.19. The summed E-state index contributed by atoms with van der Waals surface area (Å²) in [5.41, 5.74) is 7.15. The van der Waals surface area contributed by atoms with Crippen molar-refractivity contribution in [2.75, 3.05) is 7.11 Å². The molecule has 0 saturated heterocycles. The van der Waals surface area contributed by atoms with Gasteiger partial charge in [0.1, 0.15) is 11.6 Å². The maximum Gasteiger partial charge on any atom is 0.119 e. The van der Waals surface area contributed by atoms with E-state index in [0.29, 0.717) is 6.42 Å². The third-order valence-corrected chi connectivity index (χ3v) is 2.49. The zero-order valence-electron chi connectivity index (χ0n) is 9.18. The van der Waals surface area contributed by atoms with Crippen LogP contribution in [0, 0.1) is 0 Å². The Bertz CT molecular complexity index is 439. The van der Waals surface area contributed by atoms with E-state index in [9.17, 15) is 0 Å². The van der Waals surface area contributed by atoms with Crippen molar-refractivity contribution < 1.29 is 4.74 Å². The molecule has 0 aliphatic carbocycles. The summed E-state index contributed by atoms with van der Waals surface area (Å²) >= 11 is 0. The van der Waals surface area contributed by atoms with Gasteiger partial charge in [0.2, 0.25) is 0 Å². The molecule has 1 aromatic heterocycles. The van der Waals surface area contributed by atoms with Crippen molar-refractivity contribution in [1.29, 1.82) is 0 Å². The lowest BCUT2D eigenvalue weighted by atomic mass is 10.0. The minimum Gasteiger partial charge on any atom is -0.497 e. The predicted molar refractivity (Wildman–Crippen MR) is 62.2 cm³/mol. The van der Waals surface area contributed by atoms with E-state index < -0.39 is 0 Å². The van der Waals surface area contributed by atoms with Gasteiger partial charge in [-0.2, -0.15) is 0 Å². The molecule has 1 unspecified atom stereocenters. The van der Waals surface area contributed by atoms with Crippen molar-refractivity contribution in [3.8, 4) is 5.75 Å². The van der Waals surface area contributed by atoms with E-state index in [-0.39, 0.29) is 6.04 Å². The van der Waals surface area contributed by atoms with Crippen molar-refractivity contribution in [1.82, 2.24) is 9.97 Å². The molecule has 16 heavy (non-hydrogen) atoms. The maximum atomic E-state index is 6.09. The van der Waals surface area contributed by atoms with Crippen molar-refractivity contribution in [3.63, 3.8) is 0 Å². The van der Waals surface area contributed by atoms with Crippen LogP contribution in [0.5, 0.6) is 5.75 Å². The Kier molecular flexibility index (Phi) is 3.22. The Morgan fingerprint density at radius 3 is 3.06 bits per heavy atom. The quantitative estimate of drug-likeness (QED) is 0.818. The molecule has 0 fully saturated rings. The second-order valence-corrected chi connectivity index (χ2v) is 3.62. The monoisotopic (exact) mass is 217 g/mol. The molecule has 84 valence electrons. The molecule has 0 saturated carbocycles. The Labute approximate surface area is 94.5 Å². The van der Waals surface area contributed by atoms with Crippen LogP contribution in [0.3, 0.4) is 0 Å². The first-order valence-corrected chi connectivity index (χ1v) is 5.17. The molecule has 1 atom stereocenters. The molecule has 4 nitrogen and oxygen atoms in total. The number of methoxy groups -OCH3 is 1. The van der Waals surface area contributed by atoms with Gasteiger partial charge in [-0.15, -0.1) is 0 Å². The lowest BCUT2D eigenvalue weighted by molar-refractivity contribution is 0.413. The largest absolute Gasteiger partial charge is 0.497 e. The zero-order valence-corrected chi connectivity index (χ0v) is 9.18. The van der Waals surface area contributed by atoms with Gasteiger partial charge in [-0.3, -0.25) is 0 Å². The maximum absolute atomic E-state index is 6.09. The van der Waals surface area contributed by atoms with Crippen LogP contribution in [0.25, 0.3) is 0 Å². The summed E-state index contributed by atoms with van der Waals surface area (Å²) in [6.45, 7) is 0. The minimum atomic E-state index is -0.0683. The first-order chi connectivity index (χ1) is 7.79. The Hall–Kier alpha value is -1.81. The Morgan fingerprint density at radius 2 is 2.38 bits per heavy atom. The van der Waals surface area contributed by atoms with E-state index in [2.05, 4.69) is 9.97 Å². The highest BCUT2D eigenvalue weighted by Gasteiger charge is 2.09. The summed E-state index contributed by atoms with van der Waals surface area (Å²) in [7, 11) is 1.65. The molecule has 2 aromatic rings. The van der Waals surface area contributed by atoms with E-state index in [1.807, 2.05) is 24.3 Å². The fourth-order valence-electron chi connectivity index (χ4n) is 1.61. The van der Waals surface area contributed by atoms with Gasteiger partial charge >= 0.3 is 0 Å². The predicted octanol–water partition coefficient (Wildman–Crippen LogP) is 1.66. The molecule has 3 N–H and O–H groups in total. The molecule has 0 radical (unpaired) electrons. The standard InChI is InChI=1S/C12H15N3O/c1-16-10-4-2-3-9(7-10)11(13)8-12-14-5-6-15-12/h2-7,11H,8,13H2,1H3,(H,14,15). The molecular formula is C12H15N3O. The first-order valence-electron chi connectivity index (χ1n) is 5.17. The molecule has 0 amide bonds. The van der Waals surface area contributed by atoms with Gasteiger partial charge in [-0.1, -0.05) is 12.1 Å². The van der Waals surface area contributed by atoms with Crippen molar-refractivity contribution in [3.05, 3.63) is 48.0 Å². The molecule has 0 bridgehead atoms. The molecule has 0 spiro atoms. The van der Waals surface area contributed by atoms with Crippen LogP contribution in [-0.4, -0.2) is 17.1 Å². The van der Waals surface area contributed by atoms with Gasteiger partial charge in [0.15, 0.2) is 0 Å². The minimum absolute atomic E-state index is 0.0683. The summed E-state index contributed by atoms with van der Waals surface area (Å²) in [6, 6.07) is 7.73. The van der Waals surface area contributed by atoms with Crippen LogP contribution in [0.2, 0.25) is 0 Å². The van der Waals surface area contributed by atoms with Gasteiger partial charge in [-0.05, 0) is 17.7 Å². The van der Waals surface area contributed by atoms with Crippen molar-refractivity contribution >= 4 is 0 Å². The lowest BCUT2D eigenvalue weighted by Gasteiger charge is -2.11. The third kappa shape index (κ3) is 2.41. The highest BCUT2D eigenvalue weighted by molar-refractivity contribution is 5.30. The molecular weight excluding hydrogens is 202 g/mol. The summed E-state index contributed by atoms with van der Waals surface area (Å²) in [5, 5.41) is 0. The number of ether oxygens (including phenoxy) is 1. The third-order valence-electron chi connectivity index (χ3n) is 2.49. The van der Waals surface area contributed by atoms with Crippen LogP contribution in [0.1, 0.15) is 17.4 Å². The van der Waals surface area contributed by atoms with Gasteiger partial charge in [0.25, 0.3) is 0 Å². The van der Waals surface area contributed by atoms with E-state index >= 15 is 0 Å². The summed E-state index contributed by atoms with van der Waals surface area (Å²) < 4.78 is 5.16. The van der Waals surface area contributed by atoms with Gasteiger partial charge in [-0.25, -0.2) is 4.98 Å². The molecule has 4 heteroatoms. The lowest BCUT2D eigenvalue weighted by Crippen LogP contribution is -2.14. The molecule has 1 aromatic carbocycles. The van der Waals surface area contributed by atoms with Gasteiger partial charge < -0.3 is 15.5 Å². The SMILES string of the molecule is COc1cccc(C(N)Cc2ncc[nH]2)c1. The van der Waals surface area contributed by atoms with Crippen LogP contribution in [0.15, 0.2) is 36.7 Å². The number of nitrogens with zero attached hydrogens (tertiary/aromatic N) is 1. The van der Waals surface area contributed by atoms with Gasteiger partial charge in [0.05, 0.1) is 7.11 Å². The zero-order chi connectivity index (χ0) is 11.4. The second kappa shape index (κ2) is 4.81. The number of hydrogen-bond donors (Lipinski definition) is 2. The van der Waals surface area contributed by atoms with Crippen molar-refractivity contribution in [2.24, 2.45) is 5.73 Å². The number of nitrogens with two attached hydrogens (primary N) is 1. The number of imidazole rings is 1. The van der Waals surface area contributed by atoms with Crippen LogP contribution in [0.4, 0.5) is 0 Å². The highest BCUT2D eigenvalue weighted by atomic mass is 16.5. The smallest absolute Gasteiger partial charge is 0.119 e. The second-order valence-electron chi connectivity index (χ2n) is 3.62. The average Bonchev–Trinajstić information content (AvgIpc) is 2.82. The number of H-pyrrole nitrogens is 1. The van der Waals surface area contributed by atoms with E-state index in [4.69, 9.17) is 10.5 Å². The van der Waals surface area contributed by atoms with Gasteiger partial charge in [0, 0.05) is 24.9 Å². The number of benzene rings is 1. The fraction of sp³-hybridized carbons (Fsp3) is 0.250. The number of nitrogens with one attached hydrogen (secondary N) is 1. The number of hydrogen-bond acceptors (Lipinski definition) is 3. The first kappa shape index (κ1) is 10.7. The summed E-state index contributed by atoms with van der Waals surface area (Å²) in [6.07, 6.45) is 4.22. The number of aromatic nitrogens is 2. The summed E-state index contributed by atoms with van der Waals surface area (Å²) in [4.78, 5) is 7.20. The van der Waals surface area contributed by atoms with Crippen LogP contribution >= 0.6 is 0 Å². The van der Waals surface area contributed by atoms with E-state index in [1.165, 1.54) is 0 Å². The number of aromatic amines is 1. The average molecular weight is 217 g/mol. The molecule has 0 aliphatic rings. The topological polar surface area (TPSA) is 63.9 Å². The van der Waals surface area contributed by atoms with E-state index in [1.54, 1.807) is 19.5 Å². The van der Waals surface area contributed by atoms with E-state index in [0.717, 1.165) is 17.1 Å². The van der Waals surface area contributed by atoms with Crippen molar-refractivity contribution in [2.45, 2.75) is 12.5 Å². The Balaban J connectivity index is 2.11. The normalized spacial score (nSPS) is 12.4.